The molecular weight excluding hydrogens is 243 g/mol. The second-order valence-corrected chi connectivity index (χ2v) is 5.45. The van der Waals surface area contributed by atoms with Crippen LogP contribution in [0.5, 0.6) is 0 Å². The van der Waals surface area contributed by atoms with E-state index in [1.807, 2.05) is 12.1 Å². The van der Waals surface area contributed by atoms with Crippen LogP contribution in [-0.2, 0) is 0 Å². The highest BCUT2D eigenvalue weighted by Gasteiger charge is 2.24. The fourth-order valence-corrected chi connectivity index (χ4v) is 2.75. The summed E-state index contributed by atoms with van der Waals surface area (Å²) in [7, 11) is 0. The highest BCUT2D eigenvalue weighted by molar-refractivity contribution is 5.47. The highest BCUT2D eigenvalue weighted by Crippen LogP contribution is 2.23. The molecule has 0 radical (unpaired) electrons. The molecule has 2 unspecified atom stereocenters. The molecular formula is C15H23FN2O. The van der Waals surface area contributed by atoms with Gasteiger partial charge < -0.3 is 15.3 Å². The van der Waals surface area contributed by atoms with Gasteiger partial charge in [-0.25, -0.2) is 4.39 Å². The molecule has 1 aliphatic heterocycles. The molecule has 1 aromatic carbocycles. The summed E-state index contributed by atoms with van der Waals surface area (Å²) in [5.41, 5.74) is 1.09. The van der Waals surface area contributed by atoms with Crippen molar-refractivity contribution < 1.29 is 9.50 Å². The first-order chi connectivity index (χ1) is 9.19. The van der Waals surface area contributed by atoms with Gasteiger partial charge in [0.2, 0.25) is 0 Å². The Bertz CT molecular complexity index is 382. The van der Waals surface area contributed by atoms with Gasteiger partial charge in [-0.15, -0.1) is 0 Å². The van der Waals surface area contributed by atoms with Crippen molar-refractivity contribution in [2.45, 2.75) is 25.8 Å². The van der Waals surface area contributed by atoms with Crippen molar-refractivity contribution >= 4 is 5.69 Å². The lowest BCUT2D eigenvalue weighted by Crippen LogP contribution is -2.49. The molecule has 2 atom stereocenters. The summed E-state index contributed by atoms with van der Waals surface area (Å²) < 4.78 is 13.0. The third-order valence-corrected chi connectivity index (χ3v) is 3.62. The summed E-state index contributed by atoms with van der Waals surface area (Å²) in [6.07, 6.45) is 1.95. The quantitative estimate of drug-likeness (QED) is 0.800. The van der Waals surface area contributed by atoms with Crippen LogP contribution in [0.1, 0.15) is 19.8 Å². The minimum absolute atomic E-state index is 0.188. The van der Waals surface area contributed by atoms with Crippen molar-refractivity contribution in [3.8, 4) is 0 Å². The van der Waals surface area contributed by atoms with Crippen molar-refractivity contribution in [3.63, 3.8) is 0 Å². The standard InChI is InChI=1S/C15H23FN2O/c1-12-9-14(17-7-2-8-19)11-18(10-12)15-5-3-13(16)4-6-15/h3-6,12,14,17,19H,2,7-11H2,1H3. The van der Waals surface area contributed by atoms with Gasteiger partial charge in [0, 0.05) is 31.4 Å². The molecule has 19 heavy (non-hydrogen) atoms. The average molecular weight is 266 g/mol. The van der Waals surface area contributed by atoms with Crippen LogP contribution in [0.2, 0.25) is 0 Å². The van der Waals surface area contributed by atoms with E-state index in [2.05, 4.69) is 17.1 Å². The van der Waals surface area contributed by atoms with Gasteiger partial charge >= 0.3 is 0 Å². The molecule has 0 bridgehead atoms. The molecule has 1 aliphatic rings. The normalized spacial score (nSPS) is 23.6. The number of aliphatic hydroxyl groups excluding tert-OH is 1. The lowest BCUT2D eigenvalue weighted by atomic mass is 9.95. The second-order valence-electron chi connectivity index (χ2n) is 5.45. The molecule has 2 rings (SSSR count). The maximum atomic E-state index is 13.0. The molecule has 1 saturated heterocycles. The number of halogens is 1. The first-order valence-electron chi connectivity index (χ1n) is 7.04. The number of aliphatic hydroxyl groups is 1. The highest BCUT2D eigenvalue weighted by atomic mass is 19.1. The number of nitrogens with zero attached hydrogens (tertiary/aromatic N) is 1. The zero-order valence-corrected chi connectivity index (χ0v) is 11.5. The van der Waals surface area contributed by atoms with Crippen molar-refractivity contribution in [1.82, 2.24) is 5.32 Å². The van der Waals surface area contributed by atoms with Crippen LogP contribution >= 0.6 is 0 Å². The van der Waals surface area contributed by atoms with E-state index in [1.165, 1.54) is 12.1 Å². The average Bonchev–Trinajstić information content (AvgIpc) is 2.39. The number of anilines is 1. The van der Waals surface area contributed by atoms with Gasteiger partial charge in [-0.3, -0.25) is 0 Å². The van der Waals surface area contributed by atoms with Crippen LogP contribution in [-0.4, -0.2) is 37.4 Å². The van der Waals surface area contributed by atoms with Crippen LogP contribution in [0.25, 0.3) is 0 Å². The SMILES string of the molecule is CC1CC(NCCCO)CN(c2ccc(F)cc2)C1. The van der Waals surface area contributed by atoms with E-state index in [0.29, 0.717) is 12.0 Å². The molecule has 4 heteroatoms. The van der Waals surface area contributed by atoms with E-state index in [9.17, 15) is 4.39 Å². The van der Waals surface area contributed by atoms with Crippen molar-refractivity contribution in [1.29, 1.82) is 0 Å². The zero-order chi connectivity index (χ0) is 13.7. The molecule has 0 spiro atoms. The largest absolute Gasteiger partial charge is 0.396 e. The van der Waals surface area contributed by atoms with Gasteiger partial charge in [0.15, 0.2) is 0 Å². The van der Waals surface area contributed by atoms with Gasteiger partial charge in [-0.1, -0.05) is 6.92 Å². The maximum Gasteiger partial charge on any atom is 0.123 e. The third kappa shape index (κ3) is 4.18. The fraction of sp³-hybridized carbons (Fsp3) is 0.600. The molecule has 1 fully saturated rings. The number of benzene rings is 1. The van der Waals surface area contributed by atoms with Gasteiger partial charge in [0.05, 0.1) is 0 Å². The molecule has 0 aliphatic carbocycles. The monoisotopic (exact) mass is 266 g/mol. The Kier molecular flexibility index (Phi) is 5.16. The fourth-order valence-electron chi connectivity index (χ4n) is 2.75. The lowest BCUT2D eigenvalue weighted by Gasteiger charge is -2.38. The van der Waals surface area contributed by atoms with Crippen LogP contribution in [0.3, 0.4) is 0 Å². The Balaban J connectivity index is 1.95. The molecule has 3 nitrogen and oxygen atoms in total. The van der Waals surface area contributed by atoms with E-state index in [0.717, 1.165) is 38.2 Å². The van der Waals surface area contributed by atoms with Crippen LogP contribution in [0, 0.1) is 11.7 Å². The summed E-state index contributed by atoms with van der Waals surface area (Å²) in [6, 6.07) is 7.17. The second kappa shape index (κ2) is 6.87. The van der Waals surface area contributed by atoms with E-state index in [4.69, 9.17) is 5.11 Å². The lowest BCUT2D eigenvalue weighted by molar-refractivity contribution is 0.276. The summed E-state index contributed by atoms with van der Waals surface area (Å²) in [5.74, 6) is 0.428. The van der Waals surface area contributed by atoms with Crippen molar-refractivity contribution in [2.75, 3.05) is 31.1 Å². The number of hydrogen-bond donors (Lipinski definition) is 2. The Hall–Kier alpha value is -1.13. The number of nitrogens with one attached hydrogen (secondary N) is 1. The maximum absolute atomic E-state index is 13.0. The van der Waals surface area contributed by atoms with E-state index >= 15 is 0 Å². The molecule has 0 saturated carbocycles. The van der Waals surface area contributed by atoms with Crippen LogP contribution in [0.15, 0.2) is 24.3 Å². The smallest absolute Gasteiger partial charge is 0.123 e. The zero-order valence-electron chi connectivity index (χ0n) is 11.5. The molecule has 2 N–H and O–H groups in total. The molecule has 0 aromatic heterocycles. The number of hydrogen-bond acceptors (Lipinski definition) is 3. The van der Waals surface area contributed by atoms with E-state index < -0.39 is 0 Å². The van der Waals surface area contributed by atoms with Gasteiger partial charge in [-0.2, -0.15) is 0 Å². The Morgan fingerprint density at radius 3 is 2.74 bits per heavy atom. The molecule has 106 valence electrons. The topological polar surface area (TPSA) is 35.5 Å². The summed E-state index contributed by atoms with van der Waals surface area (Å²) in [5, 5.41) is 12.3. The van der Waals surface area contributed by atoms with Crippen molar-refractivity contribution in [2.24, 2.45) is 5.92 Å². The molecule has 0 amide bonds. The van der Waals surface area contributed by atoms with Gasteiger partial charge in [-0.05, 0) is 49.6 Å². The van der Waals surface area contributed by atoms with Gasteiger partial charge in [0.25, 0.3) is 0 Å². The third-order valence-electron chi connectivity index (χ3n) is 3.62. The number of piperidine rings is 1. The minimum atomic E-state index is -0.188. The van der Waals surface area contributed by atoms with Crippen LogP contribution < -0.4 is 10.2 Å². The minimum Gasteiger partial charge on any atom is -0.396 e. The first kappa shape index (κ1) is 14.3. The predicted octanol–water partition coefficient (Wildman–Crippen LogP) is 2.01. The molecule has 1 heterocycles. The Morgan fingerprint density at radius 1 is 1.32 bits per heavy atom. The van der Waals surface area contributed by atoms with Gasteiger partial charge in [0.1, 0.15) is 5.82 Å². The van der Waals surface area contributed by atoms with E-state index in [-0.39, 0.29) is 12.4 Å². The Morgan fingerprint density at radius 2 is 2.05 bits per heavy atom. The summed E-state index contributed by atoms with van der Waals surface area (Å²) >= 11 is 0. The predicted molar refractivity (Wildman–Crippen MR) is 75.9 cm³/mol. The van der Waals surface area contributed by atoms with Crippen molar-refractivity contribution in [3.05, 3.63) is 30.1 Å². The molecule has 1 aromatic rings. The summed E-state index contributed by atoms with van der Waals surface area (Å²) in [4.78, 5) is 2.31. The number of rotatable bonds is 5. The van der Waals surface area contributed by atoms with E-state index in [1.54, 1.807) is 0 Å². The van der Waals surface area contributed by atoms with Crippen LogP contribution in [0.4, 0.5) is 10.1 Å². The Labute approximate surface area is 114 Å². The first-order valence-corrected chi connectivity index (χ1v) is 7.04. The summed E-state index contributed by atoms with van der Waals surface area (Å²) in [6.45, 7) is 5.30.